The quantitative estimate of drug-likeness (QED) is 0.737. The number of para-hydroxylation sites is 1. The molecule has 0 atom stereocenters. The van der Waals surface area contributed by atoms with E-state index in [-0.39, 0.29) is 25.6 Å². The number of urea groups is 1. The molecule has 0 spiro atoms. The molecule has 1 heterocycles. The molecule has 0 unspecified atom stereocenters. The first-order valence-corrected chi connectivity index (χ1v) is 7.17. The number of hydrogen-bond donors (Lipinski definition) is 2. The molecule has 2 rings (SSSR count). The summed E-state index contributed by atoms with van der Waals surface area (Å²) in [6.07, 6.45) is 0. The second-order valence-corrected chi connectivity index (χ2v) is 4.90. The van der Waals surface area contributed by atoms with Crippen LogP contribution in [0.5, 0.6) is 5.75 Å². The number of carbonyl (C=O) groups is 3. The van der Waals surface area contributed by atoms with Crippen LogP contribution in [0, 0.1) is 0 Å². The minimum absolute atomic E-state index is 0.0223. The fourth-order valence-corrected chi connectivity index (χ4v) is 2.10. The Balaban J connectivity index is 1.79. The molecule has 124 valence electrons. The van der Waals surface area contributed by atoms with Crippen molar-refractivity contribution in [2.45, 2.75) is 6.54 Å². The predicted molar refractivity (Wildman–Crippen MR) is 80.8 cm³/mol. The Kier molecular flexibility index (Phi) is 5.79. The van der Waals surface area contributed by atoms with Gasteiger partial charge in [0.15, 0.2) is 6.61 Å². The highest BCUT2D eigenvalue weighted by molar-refractivity contribution is 5.81. The van der Waals surface area contributed by atoms with Crippen LogP contribution in [-0.4, -0.2) is 56.2 Å². The van der Waals surface area contributed by atoms with Gasteiger partial charge in [0, 0.05) is 25.2 Å². The third-order valence-corrected chi connectivity index (χ3v) is 3.33. The Bertz CT molecular complexity index is 590. The molecular formula is C15H19N3O5. The van der Waals surface area contributed by atoms with Crippen LogP contribution in [0.15, 0.2) is 24.3 Å². The molecule has 0 aromatic heterocycles. The van der Waals surface area contributed by atoms with E-state index < -0.39 is 12.0 Å². The molecule has 1 aliphatic rings. The van der Waals surface area contributed by atoms with Gasteiger partial charge in [0.1, 0.15) is 12.3 Å². The Morgan fingerprint density at radius 3 is 2.87 bits per heavy atom. The summed E-state index contributed by atoms with van der Waals surface area (Å²) in [6, 6.07) is 6.97. The Hall–Kier alpha value is -2.77. The maximum absolute atomic E-state index is 12.0. The first-order chi connectivity index (χ1) is 11.1. The minimum Gasteiger partial charge on any atom is -0.483 e. The average Bonchev–Trinajstić information content (AvgIpc) is 2.72. The van der Waals surface area contributed by atoms with Gasteiger partial charge in [0.2, 0.25) is 0 Å². The van der Waals surface area contributed by atoms with E-state index in [1.165, 1.54) is 7.11 Å². The van der Waals surface area contributed by atoms with Crippen molar-refractivity contribution in [3.8, 4) is 5.75 Å². The molecule has 23 heavy (non-hydrogen) atoms. The second-order valence-electron chi connectivity index (χ2n) is 4.90. The summed E-state index contributed by atoms with van der Waals surface area (Å²) in [6.45, 7) is 0.821. The number of rotatable bonds is 5. The third-order valence-electron chi connectivity index (χ3n) is 3.33. The fourth-order valence-electron chi connectivity index (χ4n) is 2.10. The number of hydrogen-bond acceptors (Lipinski definition) is 5. The van der Waals surface area contributed by atoms with Gasteiger partial charge in [0.05, 0.1) is 7.11 Å². The third kappa shape index (κ3) is 4.87. The number of ether oxygens (including phenoxy) is 2. The zero-order valence-corrected chi connectivity index (χ0v) is 12.8. The van der Waals surface area contributed by atoms with E-state index in [1.807, 2.05) is 24.3 Å². The molecule has 1 aromatic carbocycles. The van der Waals surface area contributed by atoms with Crippen molar-refractivity contribution in [1.29, 1.82) is 0 Å². The van der Waals surface area contributed by atoms with Crippen LogP contribution in [0.25, 0.3) is 0 Å². The maximum atomic E-state index is 12.0. The van der Waals surface area contributed by atoms with Gasteiger partial charge in [-0.15, -0.1) is 0 Å². The summed E-state index contributed by atoms with van der Waals surface area (Å²) >= 11 is 0. The highest BCUT2D eigenvalue weighted by Crippen LogP contribution is 2.22. The van der Waals surface area contributed by atoms with Gasteiger partial charge in [-0.3, -0.25) is 9.59 Å². The van der Waals surface area contributed by atoms with Crippen molar-refractivity contribution in [3.05, 3.63) is 29.8 Å². The predicted octanol–water partition coefficient (Wildman–Crippen LogP) is -0.120. The molecule has 2 N–H and O–H groups in total. The van der Waals surface area contributed by atoms with Gasteiger partial charge < -0.3 is 25.0 Å². The minimum atomic E-state index is -0.531. The molecule has 3 amide bonds. The zero-order chi connectivity index (χ0) is 16.7. The lowest BCUT2D eigenvalue weighted by Gasteiger charge is -2.20. The van der Waals surface area contributed by atoms with Crippen LogP contribution in [0.3, 0.4) is 0 Å². The van der Waals surface area contributed by atoms with Crippen molar-refractivity contribution in [3.63, 3.8) is 0 Å². The SMILES string of the molecule is COC(=O)CNC(=O)NCCN1Cc2ccccc2OCC1=O. The molecule has 0 bridgehead atoms. The molecule has 1 aromatic rings. The lowest BCUT2D eigenvalue weighted by atomic mass is 10.2. The summed E-state index contributed by atoms with van der Waals surface area (Å²) in [5, 5.41) is 4.94. The van der Waals surface area contributed by atoms with Crippen LogP contribution < -0.4 is 15.4 Å². The molecule has 0 radical (unpaired) electrons. The molecule has 1 aliphatic heterocycles. The first kappa shape index (κ1) is 16.6. The second kappa shape index (κ2) is 8.02. The van der Waals surface area contributed by atoms with Gasteiger partial charge in [-0.2, -0.15) is 0 Å². The number of amides is 3. The molecule has 0 saturated carbocycles. The standard InChI is InChI=1S/C15H19N3O5/c1-22-14(20)8-17-15(21)16-6-7-18-9-11-4-2-3-5-12(11)23-10-13(18)19/h2-5H,6-10H2,1H3,(H2,16,17,21). The van der Waals surface area contributed by atoms with Crippen molar-refractivity contribution in [1.82, 2.24) is 15.5 Å². The van der Waals surface area contributed by atoms with Crippen LogP contribution in [0.1, 0.15) is 5.56 Å². The number of methoxy groups -OCH3 is 1. The smallest absolute Gasteiger partial charge is 0.325 e. The van der Waals surface area contributed by atoms with Gasteiger partial charge in [-0.05, 0) is 6.07 Å². The number of nitrogens with one attached hydrogen (secondary N) is 2. The van der Waals surface area contributed by atoms with Gasteiger partial charge in [0.25, 0.3) is 5.91 Å². The van der Waals surface area contributed by atoms with Crippen LogP contribution in [0.2, 0.25) is 0 Å². The van der Waals surface area contributed by atoms with Crippen LogP contribution >= 0.6 is 0 Å². The van der Waals surface area contributed by atoms with Crippen molar-refractivity contribution < 1.29 is 23.9 Å². The van der Waals surface area contributed by atoms with E-state index in [2.05, 4.69) is 15.4 Å². The van der Waals surface area contributed by atoms with E-state index in [0.29, 0.717) is 18.8 Å². The monoisotopic (exact) mass is 321 g/mol. The van der Waals surface area contributed by atoms with E-state index >= 15 is 0 Å². The molecule has 0 fully saturated rings. The van der Waals surface area contributed by atoms with Gasteiger partial charge in [-0.25, -0.2) is 4.79 Å². The Labute approximate surface area is 133 Å². The lowest BCUT2D eigenvalue weighted by Crippen LogP contribution is -2.43. The Morgan fingerprint density at radius 2 is 2.09 bits per heavy atom. The van der Waals surface area contributed by atoms with E-state index in [4.69, 9.17) is 4.74 Å². The number of carbonyl (C=O) groups excluding carboxylic acids is 3. The summed E-state index contributed by atoms with van der Waals surface area (Å²) in [4.78, 5) is 36.0. The summed E-state index contributed by atoms with van der Waals surface area (Å²) in [7, 11) is 1.24. The normalized spacial score (nSPS) is 13.4. The number of fused-ring (bicyclic) bond motifs is 1. The largest absolute Gasteiger partial charge is 0.483 e. The molecule has 0 saturated heterocycles. The topological polar surface area (TPSA) is 97.0 Å². The maximum Gasteiger partial charge on any atom is 0.325 e. The zero-order valence-electron chi connectivity index (χ0n) is 12.8. The van der Waals surface area contributed by atoms with Gasteiger partial charge >= 0.3 is 12.0 Å². The lowest BCUT2D eigenvalue weighted by molar-refractivity contribution is -0.139. The van der Waals surface area contributed by atoms with Crippen molar-refractivity contribution in [2.24, 2.45) is 0 Å². The summed E-state index contributed by atoms with van der Waals surface area (Å²) in [5.74, 6) is 0.0294. The van der Waals surface area contributed by atoms with E-state index in [0.717, 1.165) is 5.56 Å². The Morgan fingerprint density at radius 1 is 1.30 bits per heavy atom. The van der Waals surface area contributed by atoms with E-state index in [9.17, 15) is 14.4 Å². The molecular weight excluding hydrogens is 302 g/mol. The van der Waals surface area contributed by atoms with Gasteiger partial charge in [-0.1, -0.05) is 18.2 Å². The highest BCUT2D eigenvalue weighted by atomic mass is 16.5. The molecule has 8 nitrogen and oxygen atoms in total. The number of benzene rings is 1. The number of esters is 1. The first-order valence-electron chi connectivity index (χ1n) is 7.17. The fraction of sp³-hybridized carbons (Fsp3) is 0.400. The van der Waals surface area contributed by atoms with Crippen LogP contribution in [-0.2, 0) is 20.9 Å². The summed E-state index contributed by atoms with van der Waals surface area (Å²) in [5.41, 5.74) is 0.925. The number of nitrogens with zero attached hydrogens (tertiary/aromatic N) is 1. The molecule has 8 heteroatoms. The average molecular weight is 321 g/mol. The van der Waals surface area contributed by atoms with Crippen molar-refractivity contribution in [2.75, 3.05) is 33.4 Å². The van der Waals surface area contributed by atoms with Crippen LogP contribution in [0.4, 0.5) is 4.79 Å². The summed E-state index contributed by atoms with van der Waals surface area (Å²) < 4.78 is 9.87. The molecule has 0 aliphatic carbocycles. The highest BCUT2D eigenvalue weighted by Gasteiger charge is 2.20. The van der Waals surface area contributed by atoms with E-state index in [1.54, 1.807) is 4.90 Å². The van der Waals surface area contributed by atoms with Crippen molar-refractivity contribution >= 4 is 17.9 Å².